The molecule has 0 amide bonds. The lowest BCUT2D eigenvalue weighted by Gasteiger charge is -2.14. The van der Waals surface area contributed by atoms with E-state index in [1.807, 2.05) is 4.98 Å². The summed E-state index contributed by atoms with van der Waals surface area (Å²) in [5.41, 5.74) is -8.65. The molecular weight excluding hydrogens is 538 g/mol. The van der Waals surface area contributed by atoms with Gasteiger partial charge >= 0.3 is 22.6 Å². The number of benzene rings is 2. The maximum absolute atomic E-state index is 12.7. The molecule has 0 fully saturated rings. The largest absolute Gasteiger partial charge is 0.501 e. The number of aromatic amines is 1. The maximum atomic E-state index is 12.7. The van der Waals surface area contributed by atoms with E-state index in [4.69, 9.17) is 39.5 Å². The van der Waals surface area contributed by atoms with Crippen LogP contribution in [0.1, 0.15) is 0 Å². The van der Waals surface area contributed by atoms with Crippen LogP contribution in [0.5, 0.6) is 11.5 Å². The van der Waals surface area contributed by atoms with E-state index in [2.05, 4.69) is 0 Å². The number of nitrogens with zero attached hydrogens (tertiary/aromatic N) is 2. The van der Waals surface area contributed by atoms with E-state index in [0.29, 0.717) is 21.3 Å². The Kier molecular flexibility index (Phi) is 6.45. The summed E-state index contributed by atoms with van der Waals surface area (Å²) in [6, 6.07) is 4.23. The van der Waals surface area contributed by atoms with Crippen LogP contribution in [0.3, 0.4) is 0 Å². The zero-order valence-corrected chi connectivity index (χ0v) is 19.0. The number of H-pyrrole nitrogens is 1. The van der Waals surface area contributed by atoms with Crippen LogP contribution in [0, 0.1) is 0 Å². The Labute approximate surface area is 196 Å². The lowest BCUT2D eigenvalue weighted by Crippen LogP contribution is -2.47. The van der Waals surface area contributed by atoms with Crippen LogP contribution < -0.4 is 21.8 Å². The average Bonchev–Trinajstić information content (AvgIpc) is 2.69. The third-order valence-corrected chi connectivity index (χ3v) is 6.51. The molecule has 3 rings (SSSR count). The SMILES string of the molecule is Cn1c(=O)[nH]c(=O)n(-c2cc(Cl)c(Oc3ccc(S(=O)(=O)C(F)(F)F)cc3Cl)c(Cl)c2)c1=O. The second-order valence-electron chi connectivity index (χ2n) is 6.29. The fourth-order valence-electron chi connectivity index (χ4n) is 2.53. The van der Waals surface area contributed by atoms with Crippen LogP contribution >= 0.6 is 34.8 Å². The minimum absolute atomic E-state index is 0.128. The van der Waals surface area contributed by atoms with Crippen LogP contribution in [0.15, 0.2) is 49.6 Å². The Balaban J connectivity index is 2.05. The smallest absolute Gasteiger partial charge is 0.453 e. The Morgan fingerprint density at radius 3 is 2.03 bits per heavy atom. The van der Waals surface area contributed by atoms with Crippen LogP contribution in [-0.2, 0) is 16.9 Å². The quantitative estimate of drug-likeness (QED) is 0.536. The highest BCUT2D eigenvalue weighted by Gasteiger charge is 2.47. The number of halogens is 6. The molecule has 3 aromatic rings. The summed E-state index contributed by atoms with van der Waals surface area (Å²) in [4.78, 5) is 36.7. The number of ether oxygens (including phenoxy) is 1. The normalized spacial score (nSPS) is 12.1. The van der Waals surface area contributed by atoms with Gasteiger partial charge in [0.1, 0.15) is 5.75 Å². The van der Waals surface area contributed by atoms with Crippen molar-refractivity contribution in [3.63, 3.8) is 0 Å². The molecule has 176 valence electrons. The molecule has 0 unspecified atom stereocenters. The van der Waals surface area contributed by atoms with Gasteiger partial charge in [0.05, 0.1) is 25.7 Å². The minimum atomic E-state index is -5.64. The summed E-state index contributed by atoms with van der Waals surface area (Å²) < 4.78 is 67.8. The van der Waals surface area contributed by atoms with Crippen molar-refractivity contribution < 1.29 is 26.3 Å². The summed E-state index contributed by atoms with van der Waals surface area (Å²) >= 11 is 18.1. The Morgan fingerprint density at radius 1 is 0.939 bits per heavy atom. The van der Waals surface area contributed by atoms with Gasteiger partial charge in [0.25, 0.3) is 9.84 Å². The molecule has 0 radical (unpaired) electrons. The maximum Gasteiger partial charge on any atom is 0.501 e. The summed E-state index contributed by atoms with van der Waals surface area (Å²) in [6.07, 6.45) is 0. The molecule has 0 bridgehead atoms. The van der Waals surface area contributed by atoms with E-state index < -0.39 is 42.3 Å². The van der Waals surface area contributed by atoms with Gasteiger partial charge in [0.2, 0.25) is 0 Å². The molecule has 9 nitrogen and oxygen atoms in total. The van der Waals surface area contributed by atoms with Gasteiger partial charge in [-0.05, 0) is 30.3 Å². The first-order valence-corrected chi connectivity index (χ1v) is 11.0. The van der Waals surface area contributed by atoms with E-state index in [9.17, 15) is 36.0 Å². The van der Waals surface area contributed by atoms with Gasteiger partial charge in [0, 0.05) is 7.05 Å². The van der Waals surface area contributed by atoms with E-state index in [1.54, 1.807) is 0 Å². The third-order valence-electron chi connectivity index (χ3n) is 4.17. The Hall–Kier alpha value is -2.74. The monoisotopic (exact) mass is 545 g/mol. The van der Waals surface area contributed by atoms with E-state index in [-0.39, 0.29) is 27.2 Å². The molecule has 0 atom stereocenters. The van der Waals surface area contributed by atoms with E-state index >= 15 is 0 Å². The predicted molar refractivity (Wildman–Crippen MR) is 113 cm³/mol. The number of rotatable bonds is 4. The van der Waals surface area contributed by atoms with Gasteiger partial charge in [-0.3, -0.25) is 4.98 Å². The second kappa shape index (κ2) is 8.56. The van der Waals surface area contributed by atoms with Crippen molar-refractivity contribution in [3.05, 3.63) is 76.9 Å². The number of sulfone groups is 1. The van der Waals surface area contributed by atoms with Crippen LogP contribution in [0.2, 0.25) is 15.1 Å². The summed E-state index contributed by atoms with van der Waals surface area (Å²) in [5.74, 6) is -0.545. The molecule has 0 saturated carbocycles. The molecule has 16 heteroatoms. The van der Waals surface area contributed by atoms with Crippen molar-refractivity contribution in [2.75, 3.05) is 0 Å². The zero-order chi connectivity index (χ0) is 24.9. The number of hydrogen-bond acceptors (Lipinski definition) is 6. The molecule has 33 heavy (non-hydrogen) atoms. The lowest BCUT2D eigenvalue weighted by atomic mass is 10.3. The highest BCUT2D eigenvalue weighted by atomic mass is 35.5. The number of hydrogen-bond donors (Lipinski definition) is 1. The molecule has 0 spiro atoms. The van der Waals surface area contributed by atoms with Crippen molar-refractivity contribution >= 4 is 44.6 Å². The highest BCUT2D eigenvalue weighted by Crippen LogP contribution is 2.41. The molecule has 0 saturated heterocycles. The molecule has 0 aliphatic carbocycles. The van der Waals surface area contributed by atoms with Crippen molar-refractivity contribution in [2.24, 2.45) is 7.05 Å². The molecule has 0 aliphatic heterocycles. The topological polar surface area (TPSA) is 120 Å². The first-order chi connectivity index (χ1) is 15.1. The van der Waals surface area contributed by atoms with Crippen LogP contribution in [0.25, 0.3) is 5.69 Å². The van der Waals surface area contributed by atoms with Crippen LogP contribution in [-0.4, -0.2) is 28.0 Å². The highest BCUT2D eigenvalue weighted by molar-refractivity contribution is 7.92. The minimum Gasteiger partial charge on any atom is -0.453 e. The third kappa shape index (κ3) is 4.53. The van der Waals surface area contributed by atoms with Crippen molar-refractivity contribution in [1.82, 2.24) is 14.1 Å². The first-order valence-electron chi connectivity index (χ1n) is 8.35. The Morgan fingerprint density at radius 2 is 1.52 bits per heavy atom. The van der Waals surface area contributed by atoms with E-state index in [0.717, 1.165) is 25.2 Å². The van der Waals surface area contributed by atoms with E-state index in [1.165, 1.54) is 0 Å². The standard InChI is InChI=1S/C17H9Cl3F3N3O6S/c1-25-14(27)24-15(28)26(16(25)29)7-4-10(19)13(11(20)5-7)32-12-3-2-8(6-9(12)18)33(30,31)17(21,22)23/h2-6H,1H3,(H,24,27,28). The van der Waals surface area contributed by atoms with Gasteiger partial charge in [0.15, 0.2) is 5.75 Å². The number of nitrogens with one attached hydrogen (secondary N) is 1. The van der Waals surface area contributed by atoms with Crippen LogP contribution in [0.4, 0.5) is 13.2 Å². The van der Waals surface area contributed by atoms with Gasteiger partial charge in [-0.1, -0.05) is 34.8 Å². The summed E-state index contributed by atoms with van der Waals surface area (Å²) in [6.45, 7) is 0. The van der Waals surface area contributed by atoms with Crippen molar-refractivity contribution in [1.29, 1.82) is 0 Å². The molecule has 1 aromatic heterocycles. The van der Waals surface area contributed by atoms with Gasteiger partial charge < -0.3 is 4.74 Å². The molecular formula is C17H9Cl3F3N3O6S. The number of alkyl halides is 3. The lowest BCUT2D eigenvalue weighted by molar-refractivity contribution is -0.0436. The fourth-order valence-corrected chi connectivity index (χ4v) is 4.15. The van der Waals surface area contributed by atoms with Gasteiger partial charge in [-0.25, -0.2) is 31.9 Å². The zero-order valence-electron chi connectivity index (χ0n) is 15.9. The average molecular weight is 547 g/mol. The predicted octanol–water partition coefficient (Wildman–Crippen LogP) is 3.27. The van der Waals surface area contributed by atoms with Crippen molar-refractivity contribution in [2.45, 2.75) is 10.4 Å². The number of aromatic nitrogens is 3. The Bertz CT molecular complexity index is 1540. The van der Waals surface area contributed by atoms with Gasteiger partial charge in [-0.15, -0.1) is 0 Å². The second-order valence-corrected chi connectivity index (χ2v) is 9.46. The van der Waals surface area contributed by atoms with Crippen molar-refractivity contribution in [3.8, 4) is 17.2 Å². The summed E-state index contributed by atoms with van der Waals surface area (Å²) in [7, 11) is -4.51. The molecule has 2 aromatic carbocycles. The summed E-state index contributed by atoms with van der Waals surface area (Å²) in [5, 5.41) is -0.997. The van der Waals surface area contributed by atoms with Gasteiger partial charge in [-0.2, -0.15) is 13.2 Å². The molecule has 1 N–H and O–H groups in total. The fraction of sp³-hybridized carbons (Fsp3) is 0.118. The molecule has 0 aliphatic rings. The molecule has 1 heterocycles. The first kappa shape index (κ1) is 24.9.